The number of fused-ring (bicyclic) bond motifs is 1. The van der Waals surface area contributed by atoms with E-state index in [9.17, 15) is 4.79 Å². The SMILES string of the molecule is COc1cc2c(cc1OC)C(C(=NO)C(C)=O)=NCC2. The second-order valence-corrected chi connectivity index (χ2v) is 4.35. The van der Waals surface area contributed by atoms with Gasteiger partial charge in [-0.25, -0.2) is 0 Å². The van der Waals surface area contributed by atoms with Gasteiger partial charge in [-0.15, -0.1) is 0 Å². The predicted octanol–water partition coefficient (Wildman–Crippen LogP) is 1.47. The molecule has 0 spiro atoms. The summed E-state index contributed by atoms with van der Waals surface area (Å²) in [5.41, 5.74) is 2.06. The van der Waals surface area contributed by atoms with Crippen LogP contribution in [0.5, 0.6) is 11.5 Å². The van der Waals surface area contributed by atoms with Crippen LogP contribution >= 0.6 is 0 Å². The molecule has 0 atom stereocenters. The Morgan fingerprint density at radius 1 is 1.30 bits per heavy atom. The highest BCUT2D eigenvalue weighted by Gasteiger charge is 2.24. The van der Waals surface area contributed by atoms with Gasteiger partial charge in [0.25, 0.3) is 0 Å². The summed E-state index contributed by atoms with van der Waals surface area (Å²) in [4.78, 5) is 15.8. The van der Waals surface area contributed by atoms with E-state index < -0.39 is 0 Å². The smallest absolute Gasteiger partial charge is 0.183 e. The van der Waals surface area contributed by atoms with Gasteiger partial charge in [-0.2, -0.15) is 0 Å². The highest BCUT2D eigenvalue weighted by molar-refractivity contribution is 6.70. The van der Waals surface area contributed by atoms with Crippen LogP contribution in [0.15, 0.2) is 22.3 Å². The van der Waals surface area contributed by atoms with Crippen molar-refractivity contribution in [2.45, 2.75) is 13.3 Å². The third-order valence-corrected chi connectivity index (χ3v) is 3.17. The van der Waals surface area contributed by atoms with Crippen LogP contribution < -0.4 is 9.47 Å². The number of oxime groups is 1. The zero-order valence-electron chi connectivity index (χ0n) is 11.6. The first-order valence-electron chi connectivity index (χ1n) is 6.15. The molecule has 1 aliphatic heterocycles. The van der Waals surface area contributed by atoms with Gasteiger partial charge in [-0.3, -0.25) is 9.79 Å². The predicted molar refractivity (Wildman–Crippen MR) is 74.6 cm³/mol. The van der Waals surface area contributed by atoms with Crippen molar-refractivity contribution in [3.63, 3.8) is 0 Å². The highest BCUT2D eigenvalue weighted by atomic mass is 16.5. The number of ether oxygens (including phenoxy) is 2. The Kier molecular flexibility index (Phi) is 4.02. The number of rotatable bonds is 4. The first-order chi connectivity index (χ1) is 9.62. The van der Waals surface area contributed by atoms with Gasteiger partial charge in [0.15, 0.2) is 23.0 Å². The standard InChI is InChI=1S/C14H16N2O4/c1-8(17)13(16-18)14-10-7-12(20-3)11(19-2)6-9(10)4-5-15-14/h6-7,18H,4-5H2,1-3H3. The fourth-order valence-electron chi connectivity index (χ4n) is 2.21. The molecule has 6 nitrogen and oxygen atoms in total. The molecule has 0 saturated carbocycles. The van der Waals surface area contributed by atoms with Gasteiger partial charge >= 0.3 is 0 Å². The molecule has 106 valence electrons. The lowest BCUT2D eigenvalue weighted by Crippen LogP contribution is -2.27. The molecule has 0 saturated heterocycles. The number of benzene rings is 1. The summed E-state index contributed by atoms with van der Waals surface area (Å²) in [6.45, 7) is 1.87. The van der Waals surface area contributed by atoms with Crippen molar-refractivity contribution in [3.05, 3.63) is 23.3 Å². The minimum absolute atomic E-state index is 0.0434. The minimum Gasteiger partial charge on any atom is -0.493 e. The second kappa shape index (κ2) is 5.73. The van der Waals surface area contributed by atoms with Crippen molar-refractivity contribution in [3.8, 4) is 11.5 Å². The average Bonchev–Trinajstić information content (AvgIpc) is 2.46. The van der Waals surface area contributed by atoms with Crippen LogP contribution in [-0.2, 0) is 11.2 Å². The molecule has 1 aromatic rings. The van der Waals surface area contributed by atoms with E-state index in [0.29, 0.717) is 23.8 Å². The number of methoxy groups -OCH3 is 2. The van der Waals surface area contributed by atoms with Gasteiger partial charge in [-0.05, 0) is 24.1 Å². The average molecular weight is 276 g/mol. The zero-order valence-corrected chi connectivity index (χ0v) is 11.6. The van der Waals surface area contributed by atoms with Gasteiger partial charge in [0.1, 0.15) is 0 Å². The Labute approximate surface area is 116 Å². The number of carbonyl (C=O) groups excluding carboxylic acids is 1. The summed E-state index contributed by atoms with van der Waals surface area (Å²) in [5.74, 6) is 0.827. The molecule has 0 bridgehead atoms. The summed E-state index contributed by atoms with van der Waals surface area (Å²) in [5, 5.41) is 12.1. The molecule has 0 unspecified atom stereocenters. The lowest BCUT2D eigenvalue weighted by Gasteiger charge is -2.19. The van der Waals surface area contributed by atoms with E-state index >= 15 is 0 Å². The Hall–Kier alpha value is -2.37. The van der Waals surface area contributed by atoms with Crippen LogP contribution in [0.3, 0.4) is 0 Å². The van der Waals surface area contributed by atoms with Crippen LogP contribution in [-0.4, -0.2) is 43.2 Å². The normalized spacial score (nSPS) is 14.3. The number of hydrogen-bond acceptors (Lipinski definition) is 6. The molecule has 1 heterocycles. The largest absolute Gasteiger partial charge is 0.493 e. The molecule has 20 heavy (non-hydrogen) atoms. The van der Waals surface area contributed by atoms with Crippen LogP contribution in [0.2, 0.25) is 0 Å². The monoisotopic (exact) mass is 276 g/mol. The molecule has 0 radical (unpaired) electrons. The molecular weight excluding hydrogens is 260 g/mol. The van der Waals surface area contributed by atoms with Crippen molar-refractivity contribution in [2.24, 2.45) is 10.1 Å². The van der Waals surface area contributed by atoms with Gasteiger partial charge < -0.3 is 14.7 Å². The van der Waals surface area contributed by atoms with E-state index in [1.165, 1.54) is 14.0 Å². The van der Waals surface area contributed by atoms with Crippen LogP contribution in [0.1, 0.15) is 18.1 Å². The number of Topliss-reactive ketones (excluding diaryl/α,β-unsaturated/α-hetero) is 1. The van der Waals surface area contributed by atoms with Crippen molar-refractivity contribution >= 4 is 17.2 Å². The van der Waals surface area contributed by atoms with Crippen molar-refractivity contribution in [1.29, 1.82) is 0 Å². The molecule has 0 fully saturated rings. The van der Waals surface area contributed by atoms with Crippen LogP contribution in [0, 0.1) is 0 Å². The summed E-state index contributed by atoms with van der Waals surface area (Å²) in [7, 11) is 3.11. The van der Waals surface area contributed by atoms with Crippen molar-refractivity contribution in [1.82, 2.24) is 0 Å². The molecule has 6 heteroatoms. The van der Waals surface area contributed by atoms with Gasteiger partial charge in [-0.1, -0.05) is 5.16 Å². The number of nitrogens with zero attached hydrogens (tertiary/aromatic N) is 2. The third-order valence-electron chi connectivity index (χ3n) is 3.17. The van der Waals surface area contributed by atoms with Crippen molar-refractivity contribution < 1.29 is 19.5 Å². The molecule has 1 aromatic carbocycles. The third kappa shape index (κ3) is 2.36. The number of aliphatic imine (C=N–C) groups is 1. The van der Waals surface area contributed by atoms with Gasteiger partial charge in [0, 0.05) is 19.0 Å². The summed E-state index contributed by atoms with van der Waals surface area (Å²) < 4.78 is 10.5. The summed E-state index contributed by atoms with van der Waals surface area (Å²) >= 11 is 0. The maximum absolute atomic E-state index is 11.5. The van der Waals surface area contributed by atoms with Crippen LogP contribution in [0.25, 0.3) is 0 Å². The molecule has 0 aliphatic carbocycles. The zero-order chi connectivity index (χ0) is 14.7. The number of ketones is 1. The summed E-state index contributed by atoms with van der Waals surface area (Å²) in [6.07, 6.45) is 0.732. The molecule has 0 aromatic heterocycles. The van der Waals surface area contributed by atoms with E-state index in [1.54, 1.807) is 13.2 Å². The number of hydrogen-bond donors (Lipinski definition) is 1. The Balaban J connectivity index is 2.58. The Bertz CT molecular complexity index is 605. The lowest BCUT2D eigenvalue weighted by atomic mass is 9.93. The van der Waals surface area contributed by atoms with Crippen LogP contribution in [0.4, 0.5) is 0 Å². The van der Waals surface area contributed by atoms with E-state index in [4.69, 9.17) is 14.7 Å². The fourth-order valence-corrected chi connectivity index (χ4v) is 2.21. The minimum atomic E-state index is -0.339. The molecule has 0 amide bonds. The van der Waals surface area contributed by atoms with Gasteiger partial charge in [0.2, 0.25) is 0 Å². The van der Waals surface area contributed by atoms with Gasteiger partial charge in [0.05, 0.1) is 19.9 Å². The maximum atomic E-state index is 11.5. The first-order valence-corrected chi connectivity index (χ1v) is 6.15. The molecule has 2 rings (SSSR count). The first kappa shape index (κ1) is 14.0. The van der Waals surface area contributed by atoms with E-state index in [0.717, 1.165) is 17.5 Å². The quantitative estimate of drug-likeness (QED) is 0.513. The van der Waals surface area contributed by atoms with E-state index in [1.807, 2.05) is 6.07 Å². The summed E-state index contributed by atoms with van der Waals surface area (Å²) in [6, 6.07) is 3.61. The molecule has 1 N–H and O–H groups in total. The van der Waals surface area contributed by atoms with E-state index in [-0.39, 0.29) is 11.5 Å². The fraction of sp³-hybridized carbons (Fsp3) is 0.357. The number of carbonyl (C=O) groups is 1. The maximum Gasteiger partial charge on any atom is 0.183 e. The Morgan fingerprint density at radius 3 is 2.50 bits per heavy atom. The topological polar surface area (TPSA) is 80.5 Å². The Morgan fingerprint density at radius 2 is 1.95 bits per heavy atom. The molecule has 1 aliphatic rings. The van der Waals surface area contributed by atoms with E-state index in [2.05, 4.69) is 10.1 Å². The molecular formula is C14H16N2O4. The van der Waals surface area contributed by atoms with Crippen molar-refractivity contribution in [2.75, 3.05) is 20.8 Å². The highest BCUT2D eigenvalue weighted by Crippen LogP contribution is 2.32. The lowest BCUT2D eigenvalue weighted by molar-refractivity contribution is -0.111. The second-order valence-electron chi connectivity index (χ2n) is 4.35.